The van der Waals surface area contributed by atoms with Gasteiger partial charge in [0.15, 0.2) is 0 Å². The van der Waals surface area contributed by atoms with Gasteiger partial charge in [-0.05, 0) is 32.7 Å². The van der Waals surface area contributed by atoms with Crippen LogP contribution >= 0.6 is 0 Å². The first-order valence-corrected chi connectivity index (χ1v) is 7.88. The SMILES string of the molecule is CCOC(=O)CCCNCC(=O)NC1CCCCCC1. The molecule has 0 aromatic carbocycles. The Balaban J connectivity index is 2.00. The van der Waals surface area contributed by atoms with E-state index in [9.17, 15) is 9.59 Å². The van der Waals surface area contributed by atoms with Gasteiger partial charge in [-0.1, -0.05) is 25.7 Å². The standard InChI is InChI=1S/C15H28N2O3/c1-2-20-15(19)10-7-11-16-12-14(18)17-13-8-5-3-4-6-9-13/h13,16H,2-12H2,1H3,(H,17,18). The monoisotopic (exact) mass is 284 g/mol. The molecule has 0 unspecified atom stereocenters. The molecule has 1 amide bonds. The quantitative estimate of drug-likeness (QED) is 0.405. The molecule has 0 aromatic rings. The summed E-state index contributed by atoms with van der Waals surface area (Å²) in [6.45, 7) is 3.22. The summed E-state index contributed by atoms with van der Waals surface area (Å²) in [6.07, 6.45) is 8.34. The van der Waals surface area contributed by atoms with E-state index in [0.717, 1.165) is 12.8 Å². The first kappa shape index (κ1) is 17.0. The summed E-state index contributed by atoms with van der Waals surface area (Å²) in [7, 11) is 0. The maximum absolute atomic E-state index is 11.8. The van der Waals surface area contributed by atoms with Crippen LogP contribution in [-0.2, 0) is 14.3 Å². The second kappa shape index (κ2) is 10.7. The number of rotatable bonds is 8. The summed E-state index contributed by atoms with van der Waals surface area (Å²) in [5.74, 6) is -0.106. The zero-order valence-corrected chi connectivity index (χ0v) is 12.6. The largest absolute Gasteiger partial charge is 0.466 e. The van der Waals surface area contributed by atoms with Crippen LogP contribution in [0.25, 0.3) is 0 Å². The summed E-state index contributed by atoms with van der Waals surface area (Å²) >= 11 is 0. The van der Waals surface area contributed by atoms with Gasteiger partial charge in [0, 0.05) is 12.5 Å². The van der Waals surface area contributed by atoms with Crippen LogP contribution < -0.4 is 10.6 Å². The molecule has 1 saturated carbocycles. The van der Waals surface area contributed by atoms with Crippen LogP contribution in [0.4, 0.5) is 0 Å². The van der Waals surface area contributed by atoms with E-state index in [1.165, 1.54) is 25.7 Å². The normalized spacial score (nSPS) is 16.4. The summed E-state index contributed by atoms with van der Waals surface area (Å²) in [5.41, 5.74) is 0. The van der Waals surface area contributed by atoms with Crippen molar-refractivity contribution in [1.82, 2.24) is 10.6 Å². The molecule has 5 nitrogen and oxygen atoms in total. The molecule has 116 valence electrons. The van der Waals surface area contributed by atoms with E-state index < -0.39 is 0 Å². The van der Waals surface area contributed by atoms with Gasteiger partial charge in [0.1, 0.15) is 0 Å². The molecule has 0 bridgehead atoms. The number of amides is 1. The van der Waals surface area contributed by atoms with Crippen molar-refractivity contribution in [3.05, 3.63) is 0 Å². The van der Waals surface area contributed by atoms with E-state index in [0.29, 0.717) is 38.6 Å². The molecule has 1 aliphatic rings. The van der Waals surface area contributed by atoms with Crippen molar-refractivity contribution in [3.63, 3.8) is 0 Å². The maximum atomic E-state index is 11.8. The van der Waals surface area contributed by atoms with Crippen molar-refractivity contribution in [1.29, 1.82) is 0 Å². The highest BCUT2D eigenvalue weighted by molar-refractivity contribution is 5.78. The Hall–Kier alpha value is -1.10. The summed E-state index contributed by atoms with van der Waals surface area (Å²) in [5, 5.41) is 6.15. The number of hydrogen-bond donors (Lipinski definition) is 2. The third-order valence-electron chi connectivity index (χ3n) is 3.55. The molecule has 1 fully saturated rings. The highest BCUT2D eigenvalue weighted by atomic mass is 16.5. The van der Waals surface area contributed by atoms with Crippen LogP contribution in [-0.4, -0.2) is 37.6 Å². The lowest BCUT2D eigenvalue weighted by Crippen LogP contribution is -2.40. The lowest BCUT2D eigenvalue weighted by molar-refractivity contribution is -0.143. The third-order valence-corrected chi connectivity index (χ3v) is 3.55. The highest BCUT2D eigenvalue weighted by Gasteiger charge is 2.14. The Bertz CT molecular complexity index is 287. The van der Waals surface area contributed by atoms with Gasteiger partial charge in [0.2, 0.25) is 5.91 Å². The van der Waals surface area contributed by atoms with Crippen LogP contribution in [0.1, 0.15) is 58.3 Å². The van der Waals surface area contributed by atoms with Gasteiger partial charge in [0.05, 0.1) is 13.2 Å². The van der Waals surface area contributed by atoms with Crippen molar-refractivity contribution in [3.8, 4) is 0 Å². The van der Waals surface area contributed by atoms with E-state index in [-0.39, 0.29) is 11.9 Å². The molecule has 1 aliphatic carbocycles. The van der Waals surface area contributed by atoms with Crippen LogP contribution in [0.2, 0.25) is 0 Å². The molecular weight excluding hydrogens is 256 g/mol. The Morgan fingerprint density at radius 1 is 1.15 bits per heavy atom. The van der Waals surface area contributed by atoms with E-state index in [2.05, 4.69) is 10.6 Å². The second-order valence-corrected chi connectivity index (χ2v) is 5.34. The Morgan fingerprint density at radius 3 is 2.50 bits per heavy atom. The Labute approximate surface area is 121 Å². The van der Waals surface area contributed by atoms with Crippen molar-refractivity contribution in [2.75, 3.05) is 19.7 Å². The predicted molar refractivity (Wildman–Crippen MR) is 78.4 cm³/mol. The van der Waals surface area contributed by atoms with Gasteiger partial charge < -0.3 is 15.4 Å². The predicted octanol–water partition coefficient (Wildman–Crippen LogP) is 1.76. The van der Waals surface area contributed by atoms with E-state index >= 15 is 0 Å². The third kappa shape index (κ3) is 8.15. The Morgan fingerprint density at radius 2 is 1.85 bits per heavy atom. The molecule has 0 saturated heterocycles. The fourth-order valence-electron chi connectivity index (χ4n) is 2.50. The topological polar surface area (TPSA) is 67.4 Å². The fourth-order valence-corrected chi connectivity index (χ4v) is 2.50. The number of hydrogen-bond acceptors (Lipinski definition) is 4. The molecule has 5 heteroatoms. The zero-order chi connectivity index (χ0) is 14.6. The van der Waals surface area contributed by atoms with Crippen LogP contribution in [0.5, 0.6) is 0 Å². The minimum Gasteiger partial charge on any atom is -0.466 e. The molecule has 0 aliphatic heterocycles. The van der Waals surface area contributed by atoms with Crippen molar-refractivity contribution in [2.45, 2.75) is 64.3 Å². The number of carbonyl (C=O) groups is 2. The molecule has 2 N–H and O–H groups in total. The van der Waals surface area contributed by atoms with Crippen molar-refractivity contribution in [2.24, 2.45) is 0 Å². The number of carbonyl (C=O) groups excluding carboxylic acids is 2. The minimum absolute atomic E-state index is 0.0630. The van der Waals surface area contributed by atoms with E-state index in [1.807, 2.05) is 0 Å². The van der Waals surface area contributed by atoms with E-state index in [1.54, 1.807) is 6.92 Å². The van der Waals surface area contributed by atoms with Gasteiger partial charge in [0.25, 0.3) is 0 Å². The molecule has 0 aromatic heterocycles. The van der Waals surface area contributed by atoms with Crippen molar-refractivity contribution < 1.29 is 14.3 Å². The molecule has 20 heavy (non-hydrogen) atoms. The summed E-state index contributed by atoms with van der Waals surface area (Å²) in [6, 6.07) is 0.353. The van der Waals surface area contributed by atoms with Crippen LogP contribution in [0.15, 0.2) is 0 Å². The highest BCUT2D eigenvalue weighted by Crippen LogP contribution is 2.16. The first-order valence-electron chi connectivity index (χ1n) is 7.88. The smallest absolute Gasteiger partial charge is 0.305 e. The zero-order valence-electron chi connectivity index (χ0n) is 12.6. The van der Waals surface area contributed by atoms with Gasteiger partial charge in [-0.3, -0.25) is 9.59 Å². The molecule has 0 spiro atoms. The van der Waals surface area contributed by atoms with Crippen LogP contribution in [0, 0.1) is 0 Å². The second-order valence-electron chi connectivity index (χ2n) is 5.34. The number of nitrogens with one attached hydrogen (secondary N) is 2. The van der Waals surface area contributed by atoms with Crippen LogP contribution in [0.3, 0.4) is 0 Å². The van der Waals surface area contributed by atoms with Crippen molar-refractivity contribution >= 4 is 11.9 Å². The fraction of sp³-hybridized carbons (Fsp3) is 0.867. The van der Waals surface area contributed by atoms with Gasteiger partial charge in [-0.25, -0.2) is 0 Å². The average Bonchev–Trinajstić information content (AvgIpc) is 2.67. The molecular formula is C15H28N2O3. The molecule has 1 rings (SSSR count). The lowest BCUT2D eigenvalue weighted by Gasteiger charge is -2.16. The Kier molecular flexibility index (Phi) is 9.04. The summed E-state index contributed by atoms with van der Waals surface area (Å²) in [4.78, 5) is 22.9. The molecule has 0 radical (unpaired) electrons. The minimum atomic E-state index is -0.169. The lowest BCUT2D eigenvalue weighted by atomic mass is 10.1. The molecule has 0 heterocycles. The number of ether oxygens (including phenoxy) is 1. The van der Waals surface area contributed by atoms with Gasteiger partial charge >= 0.3 is 5.97 Å². The molecule has 0 atom stereocenters. The van der Waals surface area contributed by atoms with Gasteiger partial charge in [-0.2, -0.15) is 0 Å². The first-order chi connectivity index (χ1) is 9.72. The average molecular weight is 284 g/mol. The van der Waals surface area contributed by atoms with E-state index in [4.69, 9.17) is 4.74 Å². The summed E-state index contributed by atoms with van der Waals surface area (Å²) < 4.78 is 4.84. The number of esters is 1. The maximum Gasteiger partial charge on any atom is 0.305 e. The van der Waals surface area contributed by atoms with Gasteiger partial charge in [-0.15, -0.1) is 0 Å².